The molecule has 1 saturated heterocycles. The Kier molecular flexibility index (Phi) is 3.55. The number of nitrogens with zero attached hydrogens (tertiary/aromatic N) is 2. The van der Waals surface area contributed by atoms with Crippen LogP contribution in [0.5, 0.6) is 0 Å². The van der Waals surface area contributed by atoms with Crippen LogP contribution in [0.15, 0.2) is 6.20 Å². The van der Waals surface area contributed by atoms with Crippen LogP contribution >= 0.6 is 0 Å². The Morgan fingerprint density at radius 3 is 3.05 bits per heavy atom. The molecule has 5 heteroatoms. The molecule has 3 heterocycles. The number of hydrogen-bond donors (Lipinski definition) is 1. The van der Waals surface area contributed by atoms with Crippen molar-refractivity contribution >= 4 is 5.97 Å². The van der Waals surface area contributed by atoms with E-state index in [9.17, 15) is 9.90 Å². The van der Waals surface area contributed by atoms with Crippen molar-refractivity contribution in [1.82, 2.24) is 9.55 Å². The number of fused-ring (bicyclic) bond motifs is 1. The Morgan fingerprint density at radius 1 is 1.42 bits per heavy atom. The van der Waals surface area contributed by atoms with Gasteiger partial charge in [-0.3, -0.25) is 0 Å². The van der Waals surface area contributed by atoms with Gasteiger partial charge in [-0.1, -0.05) is 0 Å². The van der Waals surface area contributed by atoms with E-state index in [-0.39, 0.29) is 6.10 Å². The number of carboxylic acid groups (broad SMARTS) is 1. The first-order chi connectivity index (χ1) is 9.24. The fourth-order valence-electron chi connectivity index (χ4n) is 3.08. The zero-order valence-electron chi connectivity index (χ0n) is 11.0. The lowest BCUT2D eigenvalue weighted by molar-refractivity contribution is -0.141. The molecule has 2 aliphatic rings. The van der Waals surface area contributed by atoms with E-state index in [0.29, 0.717) is 6.42 Å². The highest BCUT2D eigenvalue weighted by Crippen LogP contribution is 2.26. The van der Waals surface area contributed by atoms with Crippen LogP contribution in [-0.4, -0.2) is 33.3 Å². The van der Waals surface area contributed by atoms with Gasteiger partial charge in [-0.2, -0.15) is 0 Å². The van der Waals surface area contributed by atoms with Crippen LogP contribution in [0, 0.1) is 0 Å². The van der Waals surface area contributed by atoms with E-state index in [4.69, 9.17) is 4.74 Å². The average Bonchev–Trinajstić information content (AvgIpc) is 2.81. The van der Waals surface area contributed by atoms with Crippen molar-refractivity contribution in [2.45, 2.75) is 57.1 Å². The fourth-order valence-corrected chi connectivity index (χ4v) is 3.08. The summed E-state index contributed by atoms with van der Waals surface area (Å²) in [5.41, 5.74) is 0.982. The van der Waals surface area contributed by atoms with Crippen LogP contribution in [0.2, 0.25) is 0 Å². The van der Waals surface area contributed by atoms with Gasteiger partial charge >= 0.3 is 5.97 Å². The van der Waals surface area contributed by atoms with E-state index >= 15 is 0 Å². The molecule has 0 spiro atoms. The number of aromatic nitrogens is 2. The summed E-state index contributed by atoms with van der Waals surface area (Å²) < 4.78 is 7.57. The standard InChI is InChI=1S/C14H20N2O3/c17-14(18)12-5-3-6-13-15-10(9-16(12)13)8-11-4-1-2-7-19-11/h9,11-12H,1-8H2,(H,17,18). The molecule has 1 fully saturated rings. The van der Waals surface area contributed by atoms with Crippen molar-refractivity contribution in [3.63, 3.8) is 0 Å². The predicted molar refractivity (Wildman–Crippen MR) is 69.1 cm³/mol. The minimum absolute atomic E-state index is 0.258. The Morgan fingerprint density at radius 2 is 2.32 bits per heavy atom. The van der Waals surface area contributed by atoms with Gasteiger partial charge in [-0.15, -0.1) is 0 Å². The molecule has 0 bridgehead atoms. The quantitative estimate of drug-likeness (QED) is 0.906. The van der Waals surface area contributed by atoms with Crippen LogP contribution in [0.25, 0.3) is 0 Å². The minimum Gasteiger partial charge on any atom is -0.480 e. The number of aliphatic carboxylic acids is 1. The van der Waals surface area contributed by atoms with Gasteiger partial charge in [-0.25, -0.2) is 9.78 Å². The maximum absolute atomic E-state index is 11.2. The van der Waals surface area contributed by atoms with E-state index < -0.39 is 12.0 Å². The van der Waals surface area contributed by atoms with Gasteiger partial charge in [0.25, 0.3) is 0 Å². The van der Waals surface area contributed by atoms with Gasteiger partial charge in [-0.05, 0) is 32.1 Å². The monoisotopic (exact) mass is 264 g/mol. The van der Waals surface area contributed by atoms with Gasteiger partial charge in [0.15, 0.2) is 0 Å². The molecule has 2 aliphatic heterocycles. The Hall–Kier alpha value is -1.36. The van der Waals surface area contributed by atoms with Crippen LogP contribution in [-0.2, 0) is 22.4 Å². The zero-order valence-corrected chi connectivity index (χ0v) is 11.0. The molecule has 104 valence electrons. The highest BCUT2D eigenvalue weighted by Gasteiger charge is 2.27. The fraction of sp³-hybridized carbons (Fsp3) is 0.714. The zero-order chi connectivity index (χ0) is 13.2. The van der Waals surface area contributed by atoms with Crippen molar-refractivity contribution in [3.05, 3.63) is 17.7 Å². The number of carbonyl (C=O) groups is 1. The minimum atomic E-state index is -0.751. The SMILES string of the molecule is O=C(O)C1CCCc2nc(CC3CCCCO3)cn21. The van der Waals surface area contributed by atoms with Crippen molar-refractivity contribution in [2.24, 2.45) is 0 Å². The molecular weight excluding hydrogens is 244 g/mol. The third kappa shape index (κ3) is 2.66. The van der Waals surface area contributed by atoms with E-state index in [2.05, 4.69) is 4.98 Å². The smallest absolute Gasteiger partial charge is 0.326 e. The van der Waals surface area contributed by atoms with E-state index in [1.165, 1.54) is 6.42 Å². The molecule has 3 rings (SSSR count). The van der Waals surface area contributed by atoms with E-state index in [1.807, 2.05) is 10.8 Å². The summed E-state index contributed by atoms with van der Waals surface area (Å²) in [5.74, 6) is 0.170. The van der Waals surface area contributed by atoms with Crippen molar-refractivity contribution < 1.29 is 14.6 Å². The molecule has 0 radical (unpaired) electrons. The summed E-state index contributed by atoms with van der Waals surface area (Å²) in [6.45, 7) is 0.843. The summed E-state index contributed by atoms with van der Waals surface area (Å²) in [5, 5.41) is 9.24. The lowest BCUT2D eigenvalue weighted by Crippen LogP contribution is -2.24. The number of imidazole rings is 1. The van der Waals surface area contributed by atoms with Crippen molar-refractivity contribution in [3.8, 4) is 0 Å². The molecule has 0 amide bonds. The number of ether oxygens (including phenoxy) is 1. The second-order valence-electron chi connectivity index (χ2n) is 5.49. The Bertz CT molecular complexity index is 463. The van der Waals surface area contributed by atoms with Gasteiger partial charge in [0.2, 0.25) is 0 Å². The van der Waals surface area contributed by atoms with Crippen molar-refractivity contribution in [1.29, 1.82) is 0 Å². The highest BCUT2D eigenvalue weighted by atomic mass is 16.5. The topological polar surface area (TPSA) is 64.3 Å². The number of aryl methyl sites for hydroxylation is 1. The molecule has 0 aromatic carbocycles. The first-order valence-corrected chi connectivity index (χ1v) is 7.15. The number of carboxylic acids is 1. The molecule has 0 aliphatic carbocycles. The average molecular weight is 264 g/mol. The van der Waals surface area contributed by atoms with E-state index in [1.54, 1.807) is 0 Å². The second kappa shape index (κ2) is 5.33. The normalized spacial score (nSPS) is 26.9. The molecule has 1 N–H and O–H groups in total. The predicted octanol–water partition coefficient (Wildman–Crippen LogP) is 1.96. The van der Waals surface area contributed by atoms with Crippen molar-refractivity contribution in [2.75, 3.05) is 6.61 Å². The lowest BCUT2D eigenvalue weighted by atomic mass is 10.0. The largest absolute Gasteiger partial charge is 0.480 e. The van der Waals surface area contributed by atoms with Crippen LogP contribution in [0.4, 0.5) is 0 Å². The molecule has 1 aromatic heterocycles. The third-order valence-electron chi connectivity index (χ3n) is 4.07. The number of rotatable bonds is 3. The Labute approximate surface area is 112 Å². The molecular formula is C14H20N2O3. The molecule has 5 nitrogen and oxygen atoms in total. The molecule has 2 atom stereocenters. The maximum Gasteiger partial charge on any atom is 0.326 e. The van der Waals surface area contributed by atoms with Crippen LogP contribution < -0.4 is 0 Å². The maximum atomic E-state index is 11.2. The summed E-state index contributed by atoms with van der Waals surface area (Å²) in [6.07, 6.45) is 8.95. The first kappa shape index (κ1) is 12.7. The Balaban J connectivity index is 1.75. The summed E-state index contributed by atoms with van der Waals surface area (Å²) in [6, 6.07) is -0.433. The lowest BCUT2D eigenvalue weighted by Gasteiger charge is -2.21. The van der Waals surface area contributed by atoms with Crippen LogP contribution in [0.3, 0.4) is 0 Å². The summed E-state index contributed by atoms with van der Waals surface area (Å²) >= 11 is 0. The van der Waals surface area contributed by atoms with E-state index in [0.717, 1.165) is 50.2 Å². The molecule has 1 aromatic rings. The molecule has 2 unspecified atom stereocenters. The van der Waals surface area contributed by atoms with Gasteiger partial charge in [0, 0.05) is 25.6 Å². The summed E-state index contributed by atoms with van der Waals surface area (Å²) in [4.78, 5) is 15.8. The van der Waals surface area contributed by atoms with Gasteiger partial charge in [0.05, 0.1) is 11.8 Å². The third-order valence-corrected chi connectivity index (χ3v) is 4.07. The first-order valence-electron chi connectivity index (χ1n) is 7.15. The van der Waals surface area contributed by atoms with Gasteiger partial charge in [0.1, 0.15) is 11.9 Å². The van der Waals surface area contributed by atoms with Crippen LogP contribution in [0.1, 0.15) is 49.7 Å². The number of hydrogen-bond acceptors (Lipinski definition) is 3. The van der Waals surface area contributed by atoms with Gasteiger partial charge < -0.3 is 14.4 Å². The molecule has 0 saturated carbocycles. The second-order valence-corrected chi connectivity index (χ2v) is 5.49. The molecule has 19 heavy (non-hydrogen) atoms. The summed E-state index contributed by atoms with van der Waals surface area (Å²) in [7, 11) is 0. The highest BCUT2D eigenvalue weighted by molar-refractivity contribution is 5.72.